The Morgan fingerprint density at radius 3 is 2.83 bits per heavy atom. The van der Waals surface area contributed by atoms with Crippen LogP contribution in [0.25, 0.3) is 0 Å². The predicted molar refractivity (Wildman–Crippen MR) is 69.3 cm³/mol. The number of benzene rings is 1. The summed E-state index contributed by atoms with van der Waals surface area (Å²) in [7, 11) is 0. The van der Waals surface area contributed by atoms with Crippen LogP contribution >= 0.6 is 11.6 Å². The van der Waals surface area contributed by atoms with E-state index in [1.54, 1.807) is 0 Å². The maximum atomic E-state index is 13.2. The average molecular weight is 273 g/mol. The third-order valence-electron chi connectivity index (χ3n) is 3.34. The molecule has 0 saturated carbocycles. The molecule has 1 atom stereocenters. The van der Waals surface area contributed by atoms with Crippen LogP contribution in [-0.2, 0) is 11.2 Å². The topological polar surface area (TPSA) is 29.5 Å². The molecule has 1 fully saturated rings. The van der Waals surface area contributed by atoms with E-state index >= 15 is 0 Å². The second-order valence-electron chi connectivity index (χ2n) is 5.67. The van der Waals surface area contributed by atoms with Crippen LogP contribution in [0.3, 0.4) is 0 Å². The highest BCUT2D eigenvalue weighted by atomic mass is 35.5. The molecule has 1 N–H and O–H groups in total. The maximum absolute atomic E-state index is 13.2. The minimum atomic E-state index is -0.876. The molecule has 1 heterocycles. The van der Waals surface area contributed by atoms with Crippen molar-refractivity contribution >= 4 is 11.6 Å². The number of halogens is 2. The van der Waals surface area contributed by atoms with E-state index in [-0.39, 0.29) is 11.4 Å². The van der Waals surface area contributed by atoms with Gasteiger partial charge in [0.25, 0.3) is 0 Å². The molecule has 2 nitrogen and oxygen atoms in total. The number of hydrogen-bond acceptors (Lipinski definition) is 2. The standard InChI is InChI=1S/C14H18ClFO2/c1-13(2)9-14(17,5-6-18-13)8-10-7-11(16)3-4-12(10)15/h3-4,7,17H,5-6,8-9H2,1-2H3. The molecule has 0 aromatic heterocycles. The summed E-state index contributed by atoms with van der Waals surface area (Å²) >= 11 is 6.04. The minimum absolute atomic E-state index is 0.329. The van der Waals surface area contributed by atoms with Crippen molar-refractivity contribution < 1.29 is 14.2 Å². The molecule has 1 saturated heterocycles. The van der Waals surface area contributed by atoms with Crippen LogP contribution in [0.15, 0.2) is 18.2 Å². The van der Waals surface area contributed by atoms with Crippen LogP contribution in [0.2, 0.25) is 5.02 Å². The summed E-state index contributed by atoms with van der Waals surface area (Å²) in [5.74, 6) is -0.329. The minimum Gasteiger partial charge on any atom is -0.389 e. The van der Waals surface area contributed by atoms with Gasteiger partial charge in [-0.15, -0.1) is 0 Å². The van der Waals surface area contributed by atoms with Crippen LogP contribution in [-0.4, -0.2) is 22.9 Å². The van der Waals surface area contributed by atoms with Crippen LogP contribution in [0, 0.1) is 5.82 Å². The summed E-state index contributed by atoms with van der Waals surface area (Å²) in [5.41, 5.74) is -0.580. The first-order chi connectivity index (χ1) is 8.30. The van der Waals surface area contributed by atoms with Crippen molar-refractivity contribution in [1.82, 2.24) is 0 Å². The summed E-state index contributed by atoms with van der Waals surface area (Å²) in [5, 5.41) is 11.1. The SMILES string of the molecule is CC1(C)CC(O)(Cc2cc(F)ccc2Cl)CCO1. The average Bonchev–Trinajstić information content (AvgIpc) is 2.21. The Morgan fingerprint density at radius 2 is 2.17 bits per heavy atom. The van der Waals surface area contributed by atoms with E-state index in [2.05, 4.69) is 0 Å². The van der Waals surface area contributed by atoms with Crippen LogP contribution < -0.4 is 0 Å². The van der Waals surface area contributed by atoms with Crippen molar-refractivity contribution in [3.63, 3.8) is 0 Å². The predicted octanol–water partition coefficient (Wildman–Crippen LogP) is 3.34. The van der Waals surface area contributed by atoms with Gasteiger partial charge in [0.1, 0.15) is 5.82 Å². The molecule has 18 heavy (non-hydrogen) atoms. The van der Waals surface area contributed by atoms with Crippen molar-refractivity contribution in [3.8, 4) is 0 Å². The highest BCUT2D eigenvalue weighted by Gasteiger charge is 2.39. The lowest BCUT2D eigenvalue weighted by Crippen LogP contribution is -2.47. The Morgan fingerprint density at radius 1 is 1.44 bits per heavy atom. The quantitative estimate of drug-likeness (QED) is 0.895. The number of rotatable bonds is 2. The van der Waals surface area contributed by atoms with Crippen molar-refractivity contribution in [2.75, 3.05) is 6.61 Å². The summed E-state index contributed by atoms with van der Waals surface area (Å²) < 4.78 is 18.8. The molecule has 1 unspecified atom stereocenters. The molecule has 0 bridgehead atoms. The van der Waals surface area contributed by atoms with Gasteiger partial charge in [-0.3, -0.25) is 0 Å². The molecule has 0 aliphatic carbocycles. The van der Waals surface area contributed by atoms with Crippen molar-refractivity contribution in [3.05, 3.63) is 34.6 Å². The first-order valence-electron chi connectivity index (χ1n) is 6.10. The molecule has 1 aliphatic rings. The van der Waals surface area contributed by atoms with E-state index in [4.69, 9.17) is 16.3 Å². The lowest BCUT2D eigenvalue weighted by molar-refractivity contribution is -0.143. The zero-order valence-electron chi connectivity index (χ0n) is 10.7. The lowest BCUT2D eigenvalue weighted by atomic mass is 9.80. The molecular formula is C14H18ClFO2. The van der Waals surface area contributed by atoms with Crippen molar-refractivity contribution in [2.24, 2.45) is 0 Å². The van der Waals surface area contributed by atoms with E-state index < -0.39 is 5.60 Å². The maximum Gasteiger partial charge on any atom is 0.123 e. The van der Waals surface area contributed by atoms with Crippen LogP contribution in [0.5, 0.6) is 0 Å². The molecule has 4 heteroatoms. The van der Waals surface area contributed by atoms with Gasteiger partial charge in [-0.1, -0.05) is 11.6 Å². The number of ether oxygens (including phenoxy) is 1. The van der Waals surface area contributed by atoms with Gasteiger partial charge in [-0.2, -0.15) is 0 Å². The molecule has 0 spiro atoms. The van der Waals surface area contributed by atoms with E-state index in [1.165, 1.54) is 18.2 Å². The first kappa shape index (κ1) is 13.8. The Kier molecular flexibility index (Phi) is 3.67. The summed E-state index contributed by atoms with van der Waals surface area (Å²) in [6.45, 7) is 4.41. The number of hydrogen-bond donors (Lipinski definition) is 1. The third kappa shape index (κ3) is 3.22. The largest absolute Gasteiger partial charge is 0.389 e. The second-order valence-corrected chi connectivity index (χ2v) is 6.08. The zero-order valence-corrected chi connectivity index (χ0v) is 11.4. The van der Waals surface area contributed by atoms with Gasteiger partial charge in [-0.25, -0.2) is 4.39 Å². The Hall–Kier alpha value is -0.640. The molecule has 1 aromatic rings. The van der Waals surface area contributed by atoms with E-state index in [1.807, 2.05) is 13.8 Å². The van der Waals surface area contributed by atoms with Crippen molar-refractivity contribution in [1.29, 1.82) is 0 Å². The van der Waals surface area contributed by atoms with Gasteiger partial charge >= 0.3 is 0 Å². The summed E-state index contributed by atoms with van der Waals surface area (Å²) in [4.78, 5) is 0. The second kappa shape index (κ2) is 4.80. The Bertz CT molecular complexity index is 447. The third-order valence-corrected chi connectivity index (χ3v) is 3.71. The zero-order chi connectivity index (χ0) is 13.4. The Labute approximate surface area is 112 Å². The van der Waals surface area contributed by atoms with Gasteiger partial charge < -0.3 is 9.84 Å². The van der Waals surface area contributed by atoms with Gasteiger partial charge in [0.2, 0.25) is 0 Å². The van der Waals surface area contributed by atoms with Gasteiger partial charge in [0.15, 0.2) is 0 Å². The molecule has 100 valence electrons. The molecule has 0 amide bonds. The van der Waals surface area contributed by atoms with Crippen LogP contribution in [0.1, 0.15) is 32.3 Å². The molecule has 0 radical (unpaired) electrons. The summed E-state index contributed by atoms with van der Waals surface area (Å²) in [6.07, 6.45) is 1.42. The normalized spacial score (nSPS) is 27.2. The molecule has 2 rings (SSSR count). The van der Waals surface area contributed by atoms with Gasteiger partial charge in [0.05, 0.1) is 17.8 Å². The molecule has 1 aromatic carbocycles. The fourth-order valence-electron chi connectivity index (χ4n) is 2.63. The van der Waals surface area contributed by atoms with Crippen LogP contribution in [0.4, 0.5) is 4.39 Å². The van der Waals surface area contributed by atoms with Gasteiger partial charge in [-0.05, 0) is 44.0 Å². The highest BCUT2D eigenvalue weighted by molar-refractivity contribution is 6.31. The highest BCUT2D eigenvalue weighted by Crippen LogP contribution is 2.35. The molecule has 1 aliphatic heterocycles. The Balaban J connectivity index is 2.19. The fourth-order valence-corrected chi connectivity index (χ4v) is 2.82. The van der Waals surface area contributed by atoms with Crippen molar-refractivity contribution in [2.45, 2.75) is 44.3 Å². The lowest BCUT2D eigenvalue weighted by Gasteiger charge is -2.41. The van der Waals surface area contributed by atoms with E-state index in [0.717, 1.165) is 0 Å². The fraction of sp³-hybridized carbons (Fsp3) is 0.571. The first-order valence-corrected chi connectivity index (χ1v) is 6.48. The monoisotopic (exact) mass is 272 g/mol. The smallest absolute Gasteiger partial charge is 0.123 e. The van der Waals surface area contributed by atoms with E-state index in [0.29, 0.717) is 36.5 Å². The summed E-state index contributed by atoms with van der Waals surface area (Å²) in [6, 6.07) is 4.24. The van der Waals surface area contributed by atoms with Gasteiger partial charge in [0, 0.05) is 17.9 Å². The van der Waals surface area contributed by atoms with E-state index in [9.17, 15) is 9.50 Å². The molecular weight excluding hydrogens is 255 g/mol. The number of aliphatic hydroxyl groups is 1.